The molecule has 0 aromatic heterocycles. The van der Waals surface area contributed by atoms with Crippen LogP contribution in [0.2, 0.25) is 5.02 Å². The quantitative estimate of drug-likeness (QED) is 0.522. The molecule has 162 valence electrons. The van der Waals surface area contributed by atoms with E-state index in [-0.39, 0.29) is 4.90 Å². The van der Waals surface area contributed by atoms with Gasteiger partial charge in [0.1, 0.15) is 12.3 Å². The van der Waals surface area contributed by atoms with Crippen LogP contribution in [0.1, 0.15) is 12.5 Å². The van der Waals surface area contributed by atoms with Gasteiger partial charge in [-0.2, -0.15) is 0 Å². The summed E-state index contributed by atoms with van der Waals surface area (Å²) in [7, 11) is -4.01. The molecule has 0 aliphatic carbocycles. The summed E-state index contributed by atoms with van der Waals surface area (Å²) in [5.41, 5.74) is 1.74. The second-order valence-corrected chi connectivity index (χ2v) is 9.08. The van der Waals surface area contributed by atoms with Crippen molar-refractivity contribution >= 4 is 38.9 Å². The zero-order chi connectivity index (χ0) is 22.4. The number of rotatable bonds is 8. The second kappa shape index (κ2) is 9.85. The number of nitrogens with zero attached hydrogens (tertiary/aromatic N) is 1. The standard InChI is InChI=1S/C23H23ClN2O4S/c1-3-30-22-10-5-4-9-21(22)25-23(27)16-26(19-8-6-7-17(2)15-19)31(28,29)20-13-11-18(24)12-14-20/h4-15H,3,16H2,1-2H3,(H,25,27). The molecular formula is C23H23ClN2O4S. The summed E-state index contributed by atoms with van der Waals surface area (Å²) in [5.74, 6) is 0.0206. The van der Waals surface area contributed by atoms with E-state index in [1.54, 1.807) is 42.5 Å². The molecule has 0 heterocycles. The number of sulfonamides is 1. The molecule has 0 saturated heterocycles. The molecule has 3 aromatic carbocycles. The molecule has 0 radical (unpaired) electrons. The van der Waals surface area contributed by atoms with Crippen LogP contribution in [0.25, 0.3) is 0 Å². The topological polar surface area (TPSA) is 75.7 Å². The molecule has 1 N–H and O–H groups in total. The summed E-state index contributed by atoms with van der Waals surface area (Å²) in [5, 5.41) is 3.17. The van der Waals surface area contributed by atoms with Crippen molar-refractivity contribution in [1.82, 2.24) is 0 Å². The number of anilines is 2. The SMILES string of the molecule is CCOc1ccccc1NC(=O)CN(c1cccc(C)c1)S(=O)(=O)c1ccc(Cl)cc1. The maximum absolute atomic E-state index is 13.4. The van der Waals surface area contributed by atoms with Gasteiger partial charge in [0.25, 0.3) is 10.0 Å². The number of nitrogens with one attached hydrogen (secondary N) is 1. The Bertz CT molecular complexity index is 1160. The molecular weight excluding hydrogens is 436 g/mol. The molecule has 8 heteroatoms. The lowest BCUT2D eigenvalue weighted by Crippen LogP contribution is -2.38. The van der Waals surface area contributed by atoms with Crippen LogP contribution in [0.3, 0.4) is 0 Å². The molecule has 0 fully saturated rings. The summed E-state index contributed by atoms with van der Waals surface area (Å²) >= 11 is 5.91. The summed E-state index contributed by atoms with van der Waals surface area (Å²) in [6.45, 7) is 3.73. The van der Waals surface area contributed by atoms with Gasteiger partial charge < -0.3 is 10.1 Å². The van der Waals surface area contributed by atoms with Gasteiger partial charge in [-0.1, -0.05) is 35.9 Å². The Morgan fingerprint density at radius 3 is 2.42 bits per heavy atom. The van der Waals surface area contributed by atoms with Crippen LogP contribution in [-0.2, 0) is 14.8 Å². The van der Waals surface area contributed by atoms with Gasteiger partial charge in [0.2, 0.25) is 5.91 Å². The van der Waals surface area contributed by atoms with Gasteiger partial charge >= 0.3 is 0 Å². The largest absolute Gasteiger partial charge is 0.492 e. The van der Waals surface area contributed by atoms with Gasteiger partial charge in [-0.05, 0) is 67.9 Å². The number of carbonyl (C=O) groups is 1. The first-order chi connectivity index (χ1) is 14.8. The van der Waals surface area contributed by atoms with Crippen LogP contribution < -0.4 is 14.4 Å². The van der Waals surface area contributed by atoms with Gasteiger partial charge in [-0.3, -0.25) is 9.10 Å². The van der Waals surface area contributed by atoms with Crippen molar-refractivity contribution in [3.8, 4) is 5.75 Å². The van der Waals surface area contributed by atoms with Crippen LogP contribution in [0.4, 0.5) is 11.4 Å². The number of hydrogen-bond acceptors (Lipinski definition) is 4. The van der Waals surface area contributed by atoms with Crippen molar-refractivity contribution in [3.63, 3.8) is 0 Å². The minimum Gasteiger partial charge on any atom is -0.492 e. The fourth-order valence-corrected chi connectivity index (χ4v) is 4.54. The highest BCUT2D eigenvalue weighted by molar-refractivity contribution is 7.92. The molecule has 31 heavy (non-hydrogen) atoms. The second-order valence-electron chi connectivity index (χ2n) is 6.78. The van der Waals surface area contributed by atoms with Gasteiger partial charge in [0, 0.05) is 5.02 Å². The smallest absolute Gasteiger partial charge is 0.264 e. The first kappa shape index (κ1) is 22.7. The highest BCUT2D eigenvalue weighted by atomic mass is 35.5. The van der Waals surface area contributed by atoms with Crippen LogP contribution in [0.5, 0.6) is 5.75 Å². The van der Waals surface area contributed by atoms with E-state index in [0.717, 1.165) is 9.87 Å². The van der Waals surface area contributed by atoms with E-state index in [9.17, 15) is 13.2 Å². The zero-order valence-corrected chi connectivity index (χ0v) is 18.8. The van der Waals surface area contributed by atoms with Crippen LogP contribution in [0, 0.1) is 6.92 Å². The predicted octanol–water partition coefficient (Wildman–Crippen LogP) is 4.88. The number of hydrogen-bond donors (Lipinski definition) is 1. The van der Waals surface area contributed by atoms with Crippen molar-refractivity contribution in [2.24, 2.45) is 0 Å². The third kappa shape index (κ3) is 5.57. The molecule has 3 aromatic rings. The molecule has 0 bridgehead atoms. The average Bonchev–Trinajstić information content (AvgIpc) is 2.74. The van der Waals surface area contributed by atoms with Crippen LogP contribution in [-0.4, -0.2) is 27.5 Å². The zero-order valence-electron chi connectivity index (χ0n) is 17.2. The molecule has 0 saturated carbocycles. The maximum atomic E-state index is 13.4. The molecule has 1 amide bonds. The summed E-state index contributed by atoms with van der Waals surface area (Å²) < 4.78 is 33.4. The third-order valence-electron chi connectivity index (χ3n) is 4.44. The van der Waals surface area contributed by atoms with Crippen molar-refractivity contribution in [1.29, 1.82) is 0 Å². The number of aryl methyl sites for hydroxylation is 1. The Hall–Kier alpha value is -3.03. The fourth-order valence-electron chi connectivity index (χ4n) is 3.00. The first-order valence-electron chi connectivity index (χ1n) is 9.68. The molecule has 3 rings (SSSR count). The Kier molecular flexibility index (Phi) is 7.20. The lowest BCUT2D eigenvalue weighted by atomic mass is 10.2. The molecule has 0 aliphatic rings. The van der Waals surface area contributed by atoms with Gasteiger partial charge in [0.05, 0.1) is 22.9 Å². The Balaban J connectivity index is 1.94. The van der Waals surface area contributed by atoms with Crippen molar-refractivity contribution < 1.29 is 17.9 Å². The van der Waals surface area contributed by atoms with Crippen molar-refractivity contribution in [2.75, 3.05) is 22.8 Å². The monoisotopic (exact) mass is 458 g/mol. The van der Waals surface area contributed by atoms with Crippen molar-refractivity contribution in [2.45, 2.75) is 18.7 Å². The van der Waals surface area contributed by atoms with E-state index in [0.29, 0.717) is 28.8 Å². The number of halogens is 1. The number of ether oxygens (including phenoxy) is 1. The number of para-hydroxylation sites is 2. The van der Waals surface area contributed by atoms with E-state index in [1.807, 2.05) is 19.9 Å². The van der Waals surface area contributed by atoms with Crippen LogP contribution >= 0.6 is 11.6 Å². The summed E-state index contributed by atoms with van der Waals surface area (Å²) in [6.07, 6.45) is 0. The van der Waals surface area contributed by atoms with Crippen LogP contribution in [0.15, 0.2) is 77.7 Å². The van der Waals surface area contributed by atoms with E-state index in [4.69, 9.17) is 16.3 Å². The molecule has 0 unspecified atom stereocenters. The lowest BCUT2D eigenvalue weighted by molar-refractivity contribution is -0.114. The normalized spacial score (nSPS) is 11.1. The fraction of sp³-hybridized carbons (Fsp3) is 0.174. The predicted molar refractivity (Wildman–Crippen MR) is 123 cm³/mol. The Morgan fingerprint density at radius 2 is 1.74 bits per heavy atom. The minimum atomic E-state index is -4.01. The highest BCUT2D eigenvalue weighted by Gasteiger charge is 2.27. The van der Waals surface area contributed by atoms with E-state index < -0.39 is 22.5 Å². The average molecular weight is 459 g/mol. The maximum Gasteiger partial charge on any atom is 0.264 e. The number of amides is 1. The molecule has 0 atom stereocenters. The molecule has 0 spiro atoms. The van der Waals surface area contributed by atoms with E-state index in [1.165, 1.54) is 24.3 Å². The van der Waals surface area contributed by atoms with Gasteiger partial charge in [-0.15, -0.1) is 0 Å². The lowest BCUT2D eigenvalue weighted by Gasteiger charge is -2.24. The Morgan fingerprint density at radius 1 is 1.03 bits per heavy atom. The minimum absolute atomic E-state index is 0.0425. The molecule has 6 nitrogen and oxygen atoms in total. The summed E-state index contributed by atoms with van der Waals surface area (Å²) in [6, 6.07) is 19.8. The van der Waals surface area contributed by atoms with Gasteiger partial charge in [0.15, 0.2) is 0 Å². The summed E-state index contributed by atoms with van der Waals surface area (Å²) in [4.78, 5) is 12.9. The third-order valence-corrected chi connectivity index (χ3v) is 6.48. The number of carbonyl (C=O) groups excluding carboxylic acids is 1. The van der Waals surface area contributed by atoms with E-state index in [2.05, 4.69) is 5.32 Å². The molecule has 0 aliphatic heterocycles. The Labute approximate surface area is 187 Å². The number of benzene rings is 3. The first-order valence-corrected chi connectivity index (χ1v) is 11.5. The highest BCUT2D eigenvalue weighted by Crippen LogP contribution is 2.27. The van der Waals surface area contributed by atoms with E-state index >= 15 is 0 Å². The van der Waals surface area contributed by atoms with Crippen molar-refractivity contribution in [3.05, 3.63) is 83.4 Å². The van der Waals surface area contributed by atoms with Gasteiger partial charge in [-0.25, -0.2) is 8.42 Å².